The molecule has 1 heterocycles. The zero-order valence-electron chi connectivity index (χ0n) is 10.8. The van der Waals surface area contributed by atoms with Gasteiger partial charge in [0.05, 0.1) is 0 Å². The van der Waals surface area contributed by atoms with Crippen molar-refractivity contribution >= 4 is 17.6 Å². The molecule has 0 aliphatic carbocycles. The molecule has 0 spiro atoms. The Morgan fingerprint density at radius 2 is 2.00 bits per heavy atom. The smallest absolute Gasteiger partial charge is 0.319 e. The Morgan fingerprint density at radius 3 is 2.67 bits per heavy atom. The van der Waals surface area contributed by atoms with Gasteiger partial charge in [0.25, 0.3) is 0 Å². The highest BCUT2D eigenvalue weighted by molar-refractivity contribution is 6.07. The summed E-state index contributed by atoms with van der Waals surface area (Å²) in [7, 11) is 0. The Hall–Kier alpha value is -1.84. The van der Waals surface area contributed by atoms with E-state index in [-0.39, 0.29) is 5.91 Å². The third-order valence-corrected chi connectivity index (χ3v) is 2.71. The van der Waals surface area contributed by atoms with Gasteiger partial charge in [-0.15, -0.1) is 0 Å². The van der Waals surface area contributed by atoms with Crippen molar-refractivity contribution in [1.29, 1.82) is 0 Å². The number of amides is 1. The predicted molar refractivity (Wildman–Crippen MR) is 68.1 cm³/mol. The molecule has 0 saturated carbocycles. The Kier molecular flexibility index (Phi) is 3.11. The maximum atomic E-state index is 12.0. The van der Waals surface area contributed by atoms with E-state index in [2.05, 4.69) is 5.32 Å². The van der Waals surface area contributed by atoms with Crippen molar-refractivity contribution in [2.45, 2.75) is 32.8 Å². The molecule has 0 saturated heterocycles. The number of para-hydroxylation sites is 1. The van der Waals surface area contributed by atoms with E-state index in [0.717, 1.165) is 11.3 Å². The third-order valence-electron chi connectivity index (χ3n) is 2.71. The molecule has 1 atom stereocenters. The van der Waals surface area contributed by atoms with Crippen molar-refractivity contribution in [3.05, 3.63) is 29.8 Å². The van der Waals surface area contributed by atoms with Gasteiger partial charge in [-0.3, -0.25) is 9.59 Å². The van der Waals surface area contributed by atoms with E-state index in [1.165, 1.54) is 0 Å². The number of rotatable bonds is 1. The number of hydrogen-bond acceptors (Lipinski definition) is 3. The van der Waals surface area contributed by atoms with Crippen molar-refractivity contribution in [2.75, 3.05) is 5.32 Å². The van der Waals surface area contributed by atoms with Crippen LogP contribution in [0.15, 0.2) is 24.3 Å². The maximum Gasteiger partial charge on any atom is 0.319 e. The van der Waals surface area contributed by atoms with Gasteiger partial charge in [-0.25, -0.2) is 0 Å². The average molecular weight is 247 g/mol. The van der Waals surface area contributed by atoms with Crippen LogP contribution in [0.1, 0.15) is 26.3 Å². The molecule has 96 valence electrons. The van der Waals surface area contributed by atoms with Gasteiger partial charge in [0.15, 0.2) is 0 Å². The number of ether oxygens (including phenoxy) is 1. The lowest BCUT2D eigenvalue weighted by Gasteiger charge is -2.27. The van der Waals surface area contributed by atoms with Crippen LogP contribution in [0.4, 0.5) is 5.69 Å². The Morgan fingerprint density at radius 1 is 1.33 bits per heavy atom. The summed E-state index contributed by atoms with van der Waals surface area (Å²) >= 11 is 0. The predicted octanol–water partition coefficient (Wildman–Crippen LogP) is 2.14. The summed E-state index contributed by atoms with van der Waals surface area (Å²) < 4.78 is 5.26. The van der Waals surface area contributed by atoms with E-state index in [9.17, 15) is 9.59 Å². The minimum absolute atomic E-state index is 0.289. The highest BCUT2D eigenvalue weighted by Crippen LogP contribution is 2.26. The number of esters is 1. The number of carbonyl (C=O) groups excluding carboxylic acids is 2. The molecule has 1 aliphatic heterocycles. The molecule has 1 aliphatic rings. The van der Waals surface area contributed by atoms with Crippen molar-refractivity contribution < 1.29 is 14.3 Å². The quantitative estimate of drug-likeness (QED) is 0.611. The van der Waals surface area contributed by atoms with E-state index in [0.29, 0.717) is 6.42 Å². The van der Waals surface area contributed by atoms with E-state index in [1.54, 1.807) is 20.8 Å². The van der Waals surface area contributed by atoms with Crippen molar-refractivity contribution in [2.24, 2.45) is 5.92 Å². The van der Waals surface area contributed by atoms with Crippen molar-refractivity contribution in [3.63, 3.8) is 0 Å². The minimum atomic E-state index is -0.751. The SMILES string of the molecule is CC(C)(C)OC(=O)C1Cc2ccccc2NC1=O. The van der Waals surface area contributed by atoms with Crippen LogP contribution in [0.25, 0.3) is 0 Å². The Labute approximate surface area is 106 Å². The molecule has 1 aromatic carbocycles. The number of fused-ring (bicyclic) bond motifs is 1. The fraction of sp³-hybridized carbons (Fsp3) is 0.429. The summed E-state index contributed by atoms with van der Waals surface area (Å²) in [5.41, 5.74) is 1.17. The molecule has 2 rings (SSSR count). The lowest BCUT2D eigenvalue weighted by Crippen LogP contribution is -2.39. The lowest BCUT2D eigenvalue weighted by molar-refractivity contribution is -0.161. The molecule has 4 heteroatoms. The van der Waals surface area contributed by atoms with Crippen LogP contribution in [0, 0.1) is 5.92 Å². The monoisotopic (exact) mass is 247 g/mol. The zero-order valence-corrected chi connectivity index (χ0v) is 10.8. The standard InChI is InChI=1S/C14H17NO3/c1-14(2,3)18-13(17)10-8-9-6-4-5-7-11(9)15-12(10)16/h4-7,10H,8H2,1-3H3,(H,15,16). The van der Waals surface area contributed by atoms with Gasteiger partial charge >= 0.3 is 5.97 Å². The van der Waals surface area contributed by atoms with Crippen LogP contribution in [-0.2, 0) is 20.7 Å². The van der Waals surface area contributed by atoms with Crippen LogP contribution < -0.4 is 5.32 Å². The number of anilines is 1. The largest absolute Gasteiger partial charge is 0.459 e. The number of carbonyl (C=O) groups is 2. The highest BCUT2D eigenvalue weighted by atomic mass is 16.6. The Balaban J connectivity index is 2.17. The second kappa shape index (κ2) is 4.44. The topological polar surface area (TPSA) is 55.4 Å². The Bertz CT molecular complexity index is 488. The first-order valence-corrected chi connectivity index (χ1v) is 5.98. The lowest BCUT2D eigenvalue weighted by atomic mass is 9.93. The molecule has 0 bridgehead atoms. The second-order valence-electron chi connectivity index (χ2n) is 5.44. The van der Waals surface area contributed by atoms with Crippen LogP contribution in [0.5, 0.6) is 0 Å². The molecule has 18 heavy (non-hydrogen) atoms. The molecule has 1 unspecified atom stereocenters. The number of nitrogens with one attached hydrogen (secondary N) is 1. The summed E-state index contributed by atoms with van der Waals surface area (Å²) in [5, 5.41) is 2.74. The summed E-state index contributed by atoms with van der Waals surface area (Å²) in [6.45, 7) is 5.37. The third kappa shape index (κ3) is 2.70. The molecule has 1 N–H and O–H groups in total. The van der Waals surface area contributed by atoms with Crippen LogP contribution in [0.3, 0.4) is 0 Å². The van der Waals surface area contributed by atoms with Gasteiger partial charge < -0.3 is 10.1 Å². The average Bonchev–Trinajstić information content (AvgIpc) is 2.25. The summed E-state index contributed by atoms with van der Waals surface area (Å²) in [6.07, 6.45) is 0.400. The van der Waals surface area contributed by atoms with E-state index in [1.807, 2.05) is 24.3 Å². The van der Waals surface area contributed by atoms with Gasteiger partial charge in [-0.05, 0) is 38.8 Å². The van der Waals surface area contributed by atoms with Gasteiger partial charge in [-0.2, -0.15) is 0 Å². The molecular formula is C14H17NO3. The fourth-order valence-corrected chi connectivity index (χ4v) is 1.92. The first-order chi connectivity index (χ1) is 8.37. The molecular weight excluding hydrogens is 230 g/mol. The molecule has 0 fully saturated rings. The number of hydrogen-bond donors (Lipinski definition) is 1. The normalized spacial score (nSPS) is 18.8. The van der Waals surface area contributed by atoms with Gasteiger partial charge in [0.1, 0.15) is 11.5 Å². The molecule has 4 nitrogen and oxygen atoms in total. The van der Waals surface area contributed by atoms with Crippen LogP contribution >= 0.6 is 0 Å². The minimum Gasteiger partial charge on any atom is -0.459 e. The van der Waals surface area contributed by atoms with E-state index in [4.69, 9.17) is 4.74 Å². The zero-order chi connectivity index (χ0) is 13.3. The first kappa shape index (κ1) is 12.6. The van der Waals surface area contributed by atoms with Crippen molar-refractivity contribution in [1.82, 2.24) is 0 Å². The summed E-state index contributed by atoms with van der Waals surface area (Å²) in [4.78, 5) is 23.8. The van der Waals surface area contributed by atoms with E-state index >= 15 is 0 Å². The summed E-state index contributed by atoms with van der Waals surface area (Å²) in [5.74, 6) is -1.50. The maximum absolute atomic E-state index is 12.0. The van der Waals surface area contributed by atoms with E-state index < -0.39 is 17.5 Å². The van der Waals surface area contributed by atoms with Crippen LogP contribution in [-0.4, -0.2) is 17.5 Å². The molecule has 1 aromatic rings. The van der Waals surface area contributed by atoms with Gasteiger partial charge in [0.2, 0.25) is 5.91 Å². The second-order valence-corrected chi connectivity index (χ2v) is 5.44. The molecule has 1 amide bonds. The number of benzene rings is 1. The molecule has 0 aromatic heterocycles. The van der Waals surface area contributed by atoms with Gasteiger partial charge in [0, 0.05) is 5.69 Å². The molecule has 0 radical (unpaired) electrons. The highest BCUT2D eigenvalue weighted by Gasteiger charge is 2.35. The fourth-order valence-electron chi connectivity index (χ4n) is 1.92. The van der Waals surface area contributed by atoms with Gasteiger partial charge in [-0.1, -0.05) is 18.2 Å². The first-order valence-electron chi connectivity index (χ1n) is 5.98. The van der Waals surface area contributed by atoms with Crippen molar-refractivity contribution in [3.8, 4) is 0 Å². The summed E-state index contributed by atoms with van der Waals surface area (Å²) in [6, 6.07) is 7.49. The van der Waals surface area contributed by atoms with Crippen LogP contribution in [0.2, 0.25) is 0 Å².